The monoisotopic (exact) mass is 302 g/mol. The number of aromatic amines is 2. The first-order valence-corrected chi connectivity index (χ1v) is 6.81. The van der Waals surface area contributed by atoms with Crippen molar-refractivity contribution in [1.29, 1.82) is 0 Å². The maximum absolute atomic E-state index is 12.5. The zero-order chi connectivity index (χ0) is 13.9. The van der Waals surface area contributed by atoms with Gasteiger partial charge in [0.15, 0.2) is 0 Å². The molecule has 3 nitrogen and oxygen atoms in total. The second-order valence-corrected chi connectivity index (χ2v) is 5.58. The number of benzene rings is 2. The Morgan fingerprint density at radius 2 is 1.30 bits per heavy atom. The number of halogens is 2. The molecule has 0 aliphatic rings. The zero-order valence-electron chi connectivity index (χ0n) is 10.1. The molecule has 0 radical (unpaired) electrons. The smallest absolute Gasteiger partial charge is 0.213 e. The largest absolute Gasteiger partial charge is 0.353 e. The van der Waals surface area contributed by atoms with E-state index in [9.17, 15) is 4.79 Å². The number of pyridine rings is 1. The van der Waals surface area contributed by atoms with Crippen LogP contribution in [0, 0.1) is 0 Å². The molecule has 2 heterocycles. The predicted octanol–water partition coefficient (Wildman–Crippen LogP) is 4.47. The molecular weight excluding hydrogens is 295 g/mol. The van der Waals surface area contributed by atoms with Crippen LogP contribution in [0.3, 0.4) is 0 Å². The fourth-order valence-electron chi connectivity index (χ4n) is 2.56. The lowest BCUT2D eigenvalue weighted by atomic mass is 10.1. The summed E-state index contributed by atoms with van der Waals surface area (Å²) in [6.07, 6.45) is 0. The van der Waals surface area contributed by atoms with Gasteiger partial charge in [0.25, 0.3) is 0 Å². The van der Waals surface area contributed by atoms with Gasteiger partial charge in [-0.1, -0.05) is 23.2 Å². The summed E-state index contributed by atoms with van der Waals surface area (Å²) in [6.45, 7) is 0. The molecule has 2 aromatic carbocycles. The van der Waals surface area contributed by atoms with Gasteiger partial charge in [0, 0.05) is 26.3 Å². The second kappa shape index (κ2) is 4.01. The first kappa shape index (κ1) is 11.8. The molecule has 5 heteroatoms. The Labute approximate surface area is 123 Å². The Balaban J connectivity index is 2.29. The lowest BCUT2D eigenvalue weighted by Gasteiger charge is -2.00. The van der Waals surface area contributed by atoms with E-state index in [2.05, 4.69) is 9.97 Å². The molecule has 0 aliphatic heterocycles. The predicted molar refractivity (Wildman–Crippen MR) is 84.0 cm³/mol. The molecule has 0 fully saturated rings. The summed E-state index contributed by atoms with van der Waals surface area (Å²) in [5.74, 6) is 0. The summed E-state index contributed by atoms with van der Waals surface area (Å²) in [4.78, 5) is 18.9. The number of fused-ring (bicyclic) bond motifs is 4. The molecule has 0 bridgehead atoms. The van der Waals surface area contributed by atoms with Gasteiger partial charge >= 0.3 is 0 Å². The summed E-state index contributed by atoms with van der Waals surface area (Å²) < 4.78 is 0. The van der Waals surface area contributed by atoms with Crippen LogP contribution < -0.4 is 5.43 Å². The second-order valence-electron chi connectivity index (χ2n) is 4.71. The number of nitrogens with one attached hydrogen (secondary N) is 2. The average molecular weight is 303 g/mol. The van der Waals surface area contributed by atoms with E-state index in [0.717, 1.165) is 21.9 Å². The van der Waals surface area contributed by atoms with Crippen LogP contribution in [-0.2, 0) is 0 Å². The highest BCUT2D eigenvalue weighted by atomic mass is 35.5. The van der Waals surface area contributed by atoms with Gasteiger partial charge in [0.05, 0.1) is 11.0 Å². The molecule has 4 rings (SSSR count). The van der Waals surface area contributed by atoms with Crippen molar-refractivity contribution in [3.8, 4) is 0 Å². The van der Waals surface area contributed by atoms with Gasteiger partial charge in [-0.15, -0.1) is 0 Å². The fraction of sp³-hybridized carbons (Fsp3) is 0. The highest BCUT2D eigenvalue weighted by molar-refractivity contribution is 6.32. The molecule has 2 N–H and O–H groups in total. The van der Waals surface area contributed by atoms with Crippen molar-refractivity contribution in [2.75, 3.05) is 0 Å². The van der Waals surface area contributed by atoms with Crippen LogP contribution in [0.5, 0.6) is 0 Å². The number of hydrogen-bond donors (Lipinski definition) is 2. The van der Waals surface area contributed by atoms with E-state index in [1.54, 1.807) is 24.3 Å². The molecule has 0 aliphatic carbocycles. The minimum absolute atomic E-state index is 0.0438. The van der Waals surface area contributed by atoms with E-state index in [0.29, 0.717) is 20.9 Å². The normalized spacial score (nSPS) is 11.7. The van der Waals surface area contributed by atoms with Crippen LogP contribution in [0.4, 0.5) is 0 Å². The first-order chi connectivity index (χ1) is 9.63. The quantitative estimate of drug-likeness (QED) is 0.495. The van der Waals surface area contributed by atoms with E-state index in [1.165, 1.54) is 0 Å². The number of hydrogen-bond acceptors (Lipinski definition) is 1. The van der Waals surface area contributed by atoms with E-state index in [1.807, 2.05) is 12.1 Å². The Bertz CT molecular complexity index is 1050. The van der Waals surface area contributed by atoms with Gasteiger partial charge in [-0.05, 0) is 36.4 Å². The Morgan fingerprint density at radius 1 is 0.750 bits per heavy atom. The Kier molecular flexibility index (Phi) is 2.37. The molecule has 98 valence electrons. The standard InChI is InChI=1S/C15H8Cl2N2O/c16-7-1-3-9-11(5-7)19-14-13(9)18-12-6-8(17)2-4-10(12)15(14)20/h1-6,19H,(H,18,20). The summed E-state index contributed by atoms with van der Waals surface area (Å²) in [6, 6.07) is 10.7. The van der Waals surface area contributed by atoms with Crippen LogP contribution in [-0.4, -0.2) is 9.97 Å². The molecule has 0 saturated heterocycles. The molecule has 0 atom stereocenters. The summed E-state index contributed by atoms with van der Waals surface area (Å²) in [7, 11) is 0. The van der Waals surface area contributed by atoms with Gasteiger partial charge in [-0.3, -0.25) is 4.79 Å². The van der Waals surface area contributed by atoms with E-state index in [4.69, 9.17) is 23.2 Å². The van der Waals surface area contributed by atoms with Crippen LogP contribution in [0.25, 0.3) is 32.8 Å². The Hall–Kier alpha value is -1.97. The SMILES string of the molecule is O=c1c2ccc(Cl)cc2[nH]c2c1[nH]c1cc(Cl)ccc12. The topological polar surface area (TPSA) is 48.6 Å². The maximum Gasteiger partial charge on any atom is 0.213 e. The van der Waals surface area contributed by atoms with Crippen molar-refractivity contribution < 1.29 is 0 Å². The van der Waals surface area contributed by atoms with Crippen LogP contribution >= 0.6 is 23.2 Å². The van der Waals surface area contributed by atoms with E-state index in [-0.39, 0.29) is 5.43 Å². The first-order valence-electron chi connectivity index (χ1n) is 6.06. The maximum atomic E-state index is 12.5. The lowest BCUT2D eigenvalue weighted by Crippen LogP contribution is -2.03. The van der Waals surface area contributed by atoms with Crippen LogP contribution in [0.2, 0.25) is 10.0 Å². The van der Waals surface area contributed by atoms with Crippen molar-refractivity contribution >= 4 is 56.0 Å². The van der Waals surface area contributed by atoms with E-state index >= 15 is 0 Å². The summed E-state index contributed by atoms with van der Waals surface area (Å²) >= 11 is 12.0. The highest BCUT2D eigenvalue weighted by Crippen LogP contribution is 2.26. The van der Waals surface area contributed by atoms with Crippen LogP contribution in [0.15, 0.2) is 41.2 Å². The molecular formula is C15H8Cl2N2O. The van der Waals surface area contributed by atoms with Gasteiger partial charge < -0.3 is 9.97 Å². The molecule has 2 aromatic heterocycles. The highest BCUT2D eigenvalue weighted by Gasteiger charge is 2.11. The Morgan fingerprint density at radius 3 is 2.00 bits per heavy atom. The average Bonchev–Trinajstić information content (AvgIpc) is 2.76. The molecule has 4 aromatic rings. The van der Waals surface area contributed by atoms with Gasteiger partial charge in [0.2, 0.25) is 5.43 Å². The number of H-pyrrole nitrogens is 2. The fourth-order valence-corrected chi connectivity index (χ4v) is 2.90. The molecule has 0 unspecified atom stereocenters. The van der Waals surface area contributed by atoms with E-state index < -0.39 is 0 Å². The lowest BCUT2D eigenvalue weighted by molar-refractivity contribution is 1.46. The van der Waals surface area contributed by atoms with Crippen molar-refractivity contribution in [2.45, 2.75) is 0 Å². The molecule has 20 heavy (non-hydrogen) atoms. The minimum Gasteiger partial charge on any atom is -0.353 e. The molecule has 0 saturated carbocycles. The van der Waals surface area contributed by atoms with Crippen molar-refractivity contribution in [1.82, 2.24) is 9.97 Å². The summed E-state index contributed by atoms with van der Waals surface area (Å²) in [5, 5.41) is 2.77. The molecule has 0 spiro atoms. The van der Waals surface area contributed by atoms with Crippen molar-refractivity contribution in [2.24, 2.45) is 0 Å². The van der Waals surface area contributed by atoms with Crippen LogP contribution in [0.1, 0.15) is 0 Å². The third kappa shape index (κ3) is 1.57. The number of rotatable bonds is 0. The number of aromatic nitrogens is 2. The minimum atomic E-state index is -0.0438. The van der Waals surface area contributed by atoms with Gasteiger partial charge in [-0.25, -0.2) is 0 Å². The third-order valence-electron chi connectivity index (χ3n) is 3.47. The van der Waals surface area contributed by atoms with Gasteiger partial charge in [0.1, 0.15) is 5.52 Å². The van der Waals surface area contributed by atoms with Crippen molar-refractivity contribution in [3.05, 3.63) is 56.7 Å². The third-order valence-corrected chi connectivity index (χ3v) is 3.94. The van der Waals surface area contributed by atoms with Gasteiger partial charge in [-0.2, -0.15) is 0 Å². The summed E-state index contributed by atoms with van der Waals surface area (Å²) in [5.41, 5.74) is 2.85. The zero-order valence-corrected chi connectivity index (χ0v) is 11.6. The molecule has 0 amide bonds. The van der Waals surface area contributed by atoms with Crippen molar-refractivity contribution in [3.63, 3.8) is 0 Å².